The van der Waals surface area contributed by atoms with Crippen molar-refractivity contribution < 1.29 is 9.13 Å². The highest BCUT2D eigenvalue weighted by Crippen LogP contribution is 2.34. The van der Waals surface area contributed by atoms with Gasteiger partial charge in [-0.3, -0.25) is 5.10 Å². The first-order valence-corrected chi connectivity index (χ1v) is 8.88. The Morgan fingerprint density at radius 1 is 1.00 bits per heavy atom. The average molecular weight is 374 g/mol. The summed E-state index contributed by atoms with van der Waals surface area (Å²) < 4.78 is 20.1. The molecule has 0 fully saturated rings. The molecule has 0 saturated carbocycles. The minimum Gasteiger partial charge on any atom is -0.482 e. The van der Waals surface area contributed by atoms with Crippen LogP contribution in [0.1, 0.15) is 18.6 Å². The van der Waals surface area contributed by atoms with Crippen molar-refractivity contribution in [2.75, 3.05) is 5.73 Å². The fourth-order valence-corrected chi connectivity index (χ4v) is 3.12. The predicted molar refractivity (Wildman–Crippen MR) is 107 cm³/mol. The molecule has 0 saturated heterocycles. The molecular formula is C22H19FN4O. The van der Waals surface area contributed by atoms with Crippen molar-refractivity contribution in [1.82, 2.24) is 15.2 Å². The number of pyridine rings is 1. The topological polar surface area (TPSA) is 76.8 Å². The second kappa shape index (κ2) is 7.52. The van der Waals surface area contributed by atoms with Crippen LogP contribution in [0.4, 0.5) is 10.2 Å². The Hall–Kier alpha value is -3.67. The van der Waals surface area contributed by atoms with Crippen molar-refractivity contribution in [3.05, 3.63) is 84.6 Å². The number of hydrogen-bond acceptors (Lipinski definition) is 4. The van der Waals surface area contributed by atoms with Crippen LogP contribution in [0.25, 0.3) is 22.3 Å². The van der Waals surface area contributed by atoms with Crippen molar-refractivity contribution in [2.45, 2.75) is 13.0 Å². The summed E-state index contributed by atoms with van der Waals surface area (Å²) in [6.45, 7) is 1.87. The van der Waals surface area contributed by atoms with Crippen LogP contribution in [0, 0.1) is 5.82 Å². The van der Waals surface area contributed by atoms with Gasteiger partial charge < -0.3 is 10.5 Å². The lowest BCUT2D eigenvalue weighted by Gasteiger charge is -2.20. The summed E-state index contributed by atoms with van der Waals surface area (Å²) in [5.41, 5.74) is 10.4. The Morgan fingerprint density at radius 2 is 1.82 bits per heavy atom. The smallest absolute Gasteiger partial charge is 0.166 e. The molecule has 3 N–H and O–H groups in total. The lowest BCUT2D eigenvalue weighted by molar-refractivity contribution is 0.228. The maximum Gasteiger partial charge on any atom is 0.166 e. The Morgan fingerprint density at radius 3 is 2.57 bits per heavy atom. The van der Waals surface area contributed by atoms with Gasteiger partial charge in [-0.05, 0) is 36.2 Å². The normalized spacial score (nSPS) is 11.9. The number of aromatic amines is 1. The largest absolute Gasteiger partial charge is 0.482 e. The number of nitrogens with one attached hydrogen (secondary N) is 1. The van der Waals surface area contributed by atoms with Gasteiger partial charge in [0.25, 0.3) is 0 Å². The number of anilines is 1. The standard InChI is InChI=1S/C22H19FN4O/c1-14(20-10-18(23)7-8-19(20)15-5-3-2-4-6-15)28-21-9-16(11-25-22(21)24)17-12-26-27-13-17/h2-14H,1H3,(H2,24,25)(H,26,27)/t14-/m1/s1. The van der Waals surface area contributed by atoms with Crippen LogP contribution >= 0.6 is 0 Å². The minimum atomic E-state index is -0.436. The summed E-state index contributed by atoms with van der Waals surface area (Å²) >= 11 is 0. The molecule has 140 valence electrons. The van der Waals surface area contributed by atoms with Crippen LogP contribution in [0.15, 0.2) is 73.2 Å². The van der Waals surface area contributed by atoms with Crippen LogP contribution < -0.4 is 10.5 Å². The third kappa shape index (κ3) is 3.57. The molecule has 0 radical (unpaired) electrons. The van der Waals surface area contributed by atoms with Gasteiger partial charge in [0.2, 0.25) is 0 Å². The lowest BCUT2D eigenvalue weighted by atomic mass is 9.96. The van der Waals surface area contributed by atoms with E-state index in [1.807, 2.05) is 43.3 Å². The fourth-order valence-electron chi connectivity index (χ4n) is 3.12. The first-order chi connectivity index (χ1) is 13.6. The molecule has 4 rings (SSSR count). The van der Waals surface area contributed by atoms with Gasteiger partial charge in [-0.2, -0.15) is 5.10 Å². The van der Waals surface area contributed by atoms with Gasteiger partial charge in [0, 0.05) is 29.1 Å². The predicted octanol–water partition coefficient (Wildman–Crippen LogP) is 5.00. The lowest BCUT2D eigenvalue weighted by Crippen LogP contribution is -2.08. The van der Waals surface area contributed by atoms with E-state index in [1.54, 1.807) is 24.7 Å². The first kappa shape index (κ1) is 17.7. The minimum absolute atomic E-state index is 0.275. The van der Waals surface area contributed by atoms with Crippen LogP contribution in [0.3, 0.4) is 0 Å². The molecule has 4 aromatic rings. The van der Waals surface area contributed by atoms with Crippen molar-refractivity contribution in [2.24, 2.45) is 0 Å². The second-order valence-corrected chi connectivity index (χ2v) is 6.45. The van der Waals surface area contributed by atoms with E-state index in [4.69, 9.17) is 10.5 Å². The number of H-pyrrole nitrogens is 1. The van der Waals surface area contributed by atoms with Crippen molar-refractivity contribution >= 4 is 5.82 Å². The Kier molecular flexibility index (Phi) is 4.76. The SMILES string of the molecule is C[C@@H](Oc1cc(-c2cn[nH]c2)cnc1N)c1cc(F)ccc1-c1ccccc1. The zero-order chi connectivity index (χ0) is 19.5. The number of ether oxygens (including phenoxy) is 1. The summed E-state index contributed by atoms with van der Waals surface area (Å²) in [4.78, 5) is 4.22. The zero-order valence-corrected chi connectivity index (χ0v) is 15.3. The zero-order valence-electron chi connectivity index (χ0n) is 15.3. The van der Waals surface area contributed by atoms with Gasteiger partial charge in [0.15, 0.2) is 11.6 Å². The van der Waals surface area contributed by atoms with Crippen molar-refractivity contribution in [3.63, 3.8) is 0 Å². The molecule has 5 nitrogen and oxygen atoms in total. The van der Waals surface area contributed by atoms with E-state index in [-0.39, 0.29) is 11.6 Å². The van der Waals surface area contributed by atoms with E-state index in [0.717, 1.165) is 27.8 Å². The maximum absolute atomic E-state index is 14.0. The molecule has 28 heavy (non-hydrogen) atoms. The number of benzene rings is 2. The molecule has 0 amide bonds. The van der Waals surface area contributed by atoms with Gasteiger partial charge in [-0.15, -0.1) is 0 Å². The fraction of sp³-hybridized carbons (Fsp3) is 0.0909. The Labute approximate surface area is 162 Å². The average Bonchev–Trinajstić information content (AvgIpc) is 3.25. The summed E-state index contributed by atoms with van der Waals surface area (Å²) in [6.07, 6.45) is 4.69. The highest BCUT2D eigenvalue weighted by molar-refractivity contribution is 5.68. The van der Waals surface area contributed by atoms with Crippen LogP contribution in [0.2, 0.25) is 0 Å². The first-order valence-electron chi connectivity index (χ1n) is 8.88. The molecule has 0 aliphatic rings. The van der Waals surface area contributed by atoms with Gasteiger partial charge in [-0.25, -0.2) is 9.37 Å². The summed E-state index contributed by atoms with van der Waals surface area (Å²) in [5, 5.41) is 6.72. The molecule has 2 aromatic heterocycles. The number of nitrogens with two attached hydrogens (primary N) is 1. The van der Waals surface area contributed by atoms with E-state index < -0.39 is 6.10 Å². The molecule has 2 heterocycles. The van der Waals surface area contributed by atoms with Gasteiger partial charge in [0.1, 0.15) is 11.9 Å². The van der Waals surface area contributed by atoms with E-state index in [2.05, 4.69) is 15.2 Å². The number of aromatic nitrogens is 3. The Bertz CT molecular complexity index is 1080. The number of hydrogen-bond donors (Lipinski definition) is 2. The van der Waals surface area contributed by atoms with Crippen LogP contribution in [-0.4, -0.2) is 15.2 Å². The van der Waals surface area contributed by atoms with E-state index in [1.165, 1.54) is 12.1 Å². The molecular weight excluding hydrogens is 355 g/mol. The molecule has 0 bridgehead atoms. The van der Waals surface area contributed by atoms with Crippen molar-refractivity contribution in [3.8, 4) is 28.0 Å². The van der Waals surface area contributed by atoms with Gasteiger partial charge in [-0.1, -0.05) is 36.4 Å². The van der Waals surface area contributed by atoms with Crippen molar-refractivity contribution in [1.29, 1.82) is 0 Å². The quantitative estimate of drug-likeness (QED) is 0.515. The van der Waals surface area contributed by atoms with Crippen LogP contribution in [-0.2, 0) is 0 Å². The van der Waals surface area contributed by atoms with E-state index >= 15 is 0 Å². The number of nitrogens with zero attached hydrogens (tertiary/aromatic N) is 2. The molecule has 0 aliphatic carbocycles. The monoisotopic (exact) mass is 374 g/mol. The van der Waals surface area contributed by atoms with Gasteiger partial charge >= 0.3 is 0 Å². The molecule has 0 spiro atoms. The summed E-state index contributed by atoms with van der Waals surface area (Å²) in [5.74, 6) is 0.398. The number of rotatable bonds is 5. The molecule has 6 heteroatoms. The highest BCUT2D eigenvalue weighted by Gasteiger charge is 2.17. The third-order valence-electron chi connectivity index (χ3n) is 4.55. The molecule has 1 atom stereocenters. The maximum atomic E-state index is 14.0. The van der Waals surface area contributed by atoms with E-state index in [0.29, 0.717) is 5.75 Å². The molecule has 0 aliphatic heterocycles. The third-order valence-corrected chi connectivity index (χ3v) is 4.55. The number of nitrogen functional groups attached to an aromatic ring is 1. The number of halogens is 1. The second-order valence-electron chi connectivity index (χ2n) is 6.45. The van der Waals surface area contributed by atoms with E-state index in [9.17, 15) is 4.39 Å². The summed E-state index contributed by atoms with van der Waals surface area (Å²) in [7, 11) is 0. The van der Waals surface area contributed by atoms with Gasteiger partial charge in [0.05, 0.1) is 6.20 Å². The molecule has 2 aromatic carbocycles. The molecule has 0 unspecified atom stereocenters. The van der Waals surface area contributed by atoms with Crippen LogP contribution in [0.5, 0.6) is 5.75 Å². The summed E-state index contributed by atoms with van der Waals surface area (Å²) in [6, 6.07) is 16.3. The Balaban J connectivity index is 1.69. The highest BCUT2D eigenvalue weighted by atomic mass is 19.1.